The van der Waals surface area contributed by atoms with E-state index < -0.39 is 11.9 Å². The van der Waals surface area contributed by atoms with E-state index in [9.17, 15) is 4.79 Å². The van der Waals surface area contributed by atoms with Crippen LogP contribution in [0, 0.1) is 0 Å². The number of nitrogens with zero attached hydrogens (tertiary/aromatic N) is 2. The minimum atomic E-state index is -0.863. The normalized spacial score (nSPS) is 12.1. The molecule has 5 nitrogen and oxygen atoms in total. The summed E-state index contributed by atoms with van der Waals surface area (Å²) >= 11 is 0. The zero-order valence-electron chi connectivity index (χ0n) is 8.80. The average Bonchev–Trinajstić information content (AvgIpc) is 2.25. The van der Waals surface area contributed by atoms with Crippen LogP contribution < -0.4 is 4.74 Å². The van der Waals surface area contributed by atoms with E-state index in [-0.39, 0.29) is 0 Å². The van der Waals surface area contributed by atoms with E-state index in [4.69, 9.17) is 9.84 Å². The first-order valence-corrected chi connectivity index (χ1v) is 4.77. The van der Waals surface area contributed by atoms with Crippen LogP contribution in [0.3, 0.4) is 0 Å². The Labute approximate surface area is 88.1 Å². The number of hydrogen-bond donors (Lipinski definition) is 1. The SMILES string of the molecule is CCCC(C(=O)O)c1cc(OC)ncn1. The quantitative estimate of drug-likeness (QED) is 0.796. The Balaban J connectivity index is 2.94. The van der Waals surface area contributed by atoms with Crippen LogP contribution in [0.4, 0.5) is 0 Å². The van der Waals surface area contributed by atoms with Crippen LogP contribution in [0.25, 0.3) is 0 Å². The molecule has 0 amide bonds. The first kappa shape index (κ1) is 11.4. The topological polar surface area (TPSA) is 72.3 Å². The maximum absolute atomic E-state index is 11.0. The van der Waals surface area contributed by atoms with Gasteiger partial charge in [-0.3, -0.25) is 4.79 Å². The molecule has 15 heavy (non-hydrogen) atoms. The highest BCUT2D eigenvalue weighted by Crippen LogP contribution is 2.21. The summed E-state index contributed by atoms with van der Waals surface area (Å²) in [5.74, 6) is -1.05. The lowest BCUT2D eigenvalue weighted by atomic mass is 10.00. The Kier molecular flexibility index (Phi) is 4.03. The van der Waals surface area contributed by atoms with Gasteiger partial charge in [-0.2, -0.15) is 0 Å². The van der Waals surface area contributed by atoms with Crippen LogP contribution in [0.15, 0.2) is 12.4 Å². The fourth-order valence-corrected chi connectivity index (χ4v) is 1.34. The monoisotopic (exact) mass is 210 g/mol. The summed E-state index contributed by atoms with van der Waals surface area (Å²) in [6, 6.07) is 1.56. The summed E-state index contributed by atoms with van der Waals surface area (Å²) < 4.78 is 4.92. The van der Waals surface area contributed by atoms with Crippen molar-refractivity contribution in [2.75, 3.05) is 7.11 Å². The van der Waals surface area contributed by atoms with Gasteiger partial charge in [0.15, 0.2) is 0 Å². The van der Waals surface area contributed by atoms with Gasteiger partial charge in [0.2, 0.25) is 5.88 Å². The maximum atomic E-state index is 11.0. The molecule has 0 aliphatic rings. The third kappa shape index (κ3) is 2.90. The lowest BCUT2D eigenvalue weighted by Crippen LogP contribution is -2.13. The Bertz CT molecular complexity index is 341. The molecule has 1 rings (SSSR count). The van der Waals surface area contributed by atoms with E-state index in [2.05, 4.69) is 9.97 Å². The molecule has 5 heteroatoms. The smallest absolute Gasteiger partial charge is 0.312 e. The Morgan fingerprint density at radius 3 is 2.87 bits per heavy atom. The molecule has 82 valence electrons. The largest absolute Gasteiger partial charge is 0.481 e. The molecule has 1 aromatic heterocycles. The van der Waals surface area contributed by atoms with Crippen molar-refractivity contribution in [1.29, 1.82) is 0 Å². The molecule has 0 saturated carbocycles. The molecule has 0 aromatic carbocycles. The molecule has 0 saturated heterocycles. The van der Waals surface area contributed by atoms with Gasteiger partial charge in [-0.15, -0.1) is 0 Å². The number of rotatable bonds is 5. The number of carboxylic acids is 1. The minimum Gasteiger partial charge on any atom is -0.481 e. The highest BCUT2D eigenvalue weighted by atomic mass is 16.5. The van der Waals surface area contributed by atoms with E-state index in [0.29, 0.717) is 18.0 Å². The van der Waals surface area contributed by atoms with Gasteiger partial charge in [-0.1, -0.05) is 13.3 Å². The van der Waals surface area contributed by atoms with Crippen molar-refractivity contribution >= 4 is 5.97 Å². The van der Waals surface area contributed by atoms with E-state index in [0.717, 1.165) is 6.42 Å². The molecule has 1 unspecified atom stereocenters. The van der Waals surface area contributed by atoms with E-state index in [1.54, 1.807) is 6.07 Å². The van der Waals surface area contributed by atoms with Gasteiger partial charge in [0.05, 0.1) is 18.7 Å². The van der Waals surface area contributed by atoms with Crippen molar-refractivity contribution in [3.63, 3.8) is 0 Å². The number of ether oxygens (including phenoxy) is 1. The van der Waals surface area contributed by atoms with Crippen molar-refractivity contribution in [1.82, 2.24) is 9.97 Å². The van der Waals surface area contributed by atoms with Crippen LogP contribution >= 0.6 is 0 Å². The molecular formula is C10H14N2O3. The number of hydrogen-bond acceptors (Lipinski definition) is 4. The van der Waals surface area contributed by atoms with Crippen LogP contribution in [0.2, 0.25) is 0 Å². The molecule has 0 spiro atoms. The van der Waals surface area contributed by atoms with Gasteiger partial charge in [0, 0.05) is 6.07 Å². The van der Waals surface area contributed by atoms with Crippen molar-refractivity contribution in [3.8, 4) is 5.88 Å². The number of carboxylic acid groups (broad SMARTS) is 1. The molecule has 1 atom stereocenters. The average molecular weight is 210 g/mol. The zero-order chi connectivity index (χ0) is 11.3. The van der Waals surface area contributed by atoms with E-state index in [1.807, 2.05) is 6.92 Å². The number of methoxy groups -OCH3 is 1. The van der Waals surface area contributed by atoms with Gasteiger partial charge in [0.25, 0.3) is 0 Å². The second kappa shape index (κ2) is 5.29. The fraction of sp³-hybridized carbons (Fsp3) is 0.500. The summed E-state index contributed by atoms with van der Waals surface area (Å²) in [6.45, 7) is 1.94. The summed E-state index contributed by atoms with van der Waals surface area (Å²) in [7, 11) is 1.49. The number of aliphatic carboxylic acids is 1. The predicted octanol–water partition coefficient (Wildman–Crippen LogP) is 1.45. The molecule has 1 aromatic rings. The summed E-state index contributed by atoms with van der Waals surface area (Å²) in [5.41, 5.74) is 0.496. The van der Waals surface area contributed by atoms with Gasteiger partial charge in [-0.05, 0) is 6.42 Å². The van der Waals surface area contributed by atoms with Crippen LogP contribution in [-0.2, 0) is 4.79 Å². The van der Waals surface area contributed by atoms with Gasteiger partial charge >= 0.3 is 5.97 Å². The predicted molar refractivity (Wildman–Crippen MR) is 53.9 cm³/mol. The van der Waals surface area contributed by atoms with E-state index >= 15 is 0 Å². The van der Waals surface area contributed by atoms with Crippen molar-refractivity contribution in [2.45, 2.75) is 25.7 Å². The summed E-state index contributed by atoms with van der Waals surface area (Å²) in [6.07, 6.45) is 2.68. The lowest BCUT2D eigenvalue weighted by Gasteiger charge is -2.10. The molecule has 0 radical (unpaired) electrons. The Hall–Kier alpha value is -1.65. The maximum Gasteiger partial charge on any atom is 0.312 e. The molecular weight excluding hydrogens is 196 g/mol. The minimum absolute atomic E-state index is 0.391. The van der Waals surface area contributed by atoms with Gasteiger partial charge in [0.1, 0.15) is 6.33 Å². The van der Waals surface area contributed by atoms with Crippen molar-refractivity contribution < 1.29 is 14.6 Å². The summed E-state index contributed by atoms with van der Waals surface area (Å²) in [4.78, 5) is 18.8. The summed E-state index contributed by atoms with van der Waals surface area (Å²) in [5, 5.41) is 9.02. The van der Waals surface area contributed by atoms with Crippen LogP contribution in [-0.4, -0.2) is 28.2 Å². The molecule has 1 N–H and O–H groups in total. The third-order valence-electron chi connectivity index (χ3n) is 2.10. The van der Waals surface area contributed by atoms with Gasteiger partial charge < -0.3 is 9.84 Å². The highest BCUT2D eigenvalue weighted by Gasteiger charge is 2.20. The number of aromatic nitrogens is 2. The second-order valence-electron chi connectivity index (χ2n) is 3.16. The number of carbonyl (C=O) groups is 1. The lowest BCUT2D eigenvalue weighted by molar-refractivity contribution is -0.139. The van der Waals surface area contributed by atoms with Crippen LogP contribution in [0.5, 0.6) is 5.88 Å². The molecule has 1 heterocycles. The Morgan fingerprint density at radius 1 is 1.60 bits per heavy atom. The molecule has 0 aliphatic heterocycles. The van der Waals surface area contributed by atoms with Gasteiger partial charge in [-0.25, -0.2) is 9.97 Å². The molecule has 0 bridgehead atoms. The third-order valence-corrected chi connectivity index (χ3v) is 2.10. The first-order valence-electron chi connectivity index (χ1n) is 4.77. The second-order valence-corrected chi connectivity index (χ2v) is 3.16. The van der Waals surface area contributed by atoms with Crippen molar-refractivity contribution in [3.05, 3.63) is 18.1 Å². The van der Waals surface area contributed by atoms with Crippen molar-refractivity contribution in [2.24, 2.45) is 0 Å². The fourth-order valence-electron chi connectivity index (χ4n) is 1.34. The first-order chi connectivity index (χ1) is 7.19. The zero-order valence-corrected chi connectivity index (χ0v) is 8.80. The Morgan fingerprint density at radius 2 is 2.33 bits per heavy atom. The molecule has 0 fully saturated rings. The van der Waals surface area contributed by atoms with E-state index in [1.165, 1.54) is 13.4 Å². The standard InChI is InChI=1S/C10H14N2O3/c1-3-4-7(10(13)14)8-5-9(15-2)12-6-11-8/h5-7H,3-4H2,1-2H3,(H,13,14). The molecule has 0 aliphatic carbocycles. The highest BCUT2D eigenvalue weighted by molar-refractivity contribution is 5.75. The van der Waals surface area contributed by atoms with Crippen LogP contribution in [0.1, 0.15) is 31.4 Å².